The van der Waals surface area contributed by atoms with Gasteiger partial charge >= 0.3 is 0 Å². The van der Waals surface area contributed by atoms with Gasteiger partial charge in [0, 0.05) is 51.2 Å². The topological polar surface area (TPSA) is 33.1 Å². The van der Waals surface area contributed by atoms with Gasteiger partial charge in [-0.05, 0) is 6.07 Å². The SMILES string of the molecule is Cl.Cn1ccnc1C1CNCCN1Cc1cccc(Cl)c1F. The molecule has 120 valence electrons. The molecule has 0 amide bonds. The van der Waals surface area contributed by atoms with Crippen molar-refractivity contribution in [2.75, 3.05) is 19.6 Å². The molecule has 1 aromatic carbocycles. The van der Waals surface area contributed by atoms with Gasteiger partial charge in [0.15, 0.2) is 0 Å². The zero-order valence-corrected chi connectivity index (χ0v) is 13.9. The molecule has 3 rings (SSSR count). The summed E-state index contributed by atoms with van der Waals surface area (Å²) in [5.41, 5.74) is 0.628. The largest absolute Gasteiger partial charge is 0.337 e. The second kappa shape index (κ2) is 7.42. The summed E-state index contributed by atoms with van der Waals surface area (Å²) in [7, 11) is 1.98. The second-order valence-electron chi connectivity index (χ2n) is 5.30. The van der Waals surface area contributed by atoms with Crippen LogP contribution in [0.25, 0.3) is 0 Å². The van der Waals surface area contributed by atoms with Gasteiger partial charge in [-0.3, -0.25) is 4.90 Å². The molecule has 0 aliphatic carbocycles. The van der Waals surface area contributed by atoms with Crippen LogP contribution in [-0.2, 0) is 13.6 Å². The number of rotatable bonds is 3. The van der Waals surface area contributed by atoms with Crippen LogP contribution in [0.2, 0.25) is 5.02 Å². The Morgan fingerprint density at radius 1 is 1.45 bits per heavy atom. The van der Waals surface area contributed by atoms with Crippen molar-refractivity contribution >= 4 is 24.0 Å². The highest BCUT2D eigenvalue weighted by Gasteiger charge is 2.27. The molecule has 1 saturated heterocycles. The number of hydrogen-bond donors (Lipinski definition) is 1. The lowest BCUT2D eigenvalue weighted by atomic mass is 10.1. The number of nitrogens with one attached hydrogen (secondary N) is 1. The van der Waals surface area contributed by atoms with E-state index >= 15 is 0 Å². The van der Waals surface area contributed by atoms with E-state index in [4.69, 9.17) is 11.6 Å². The number of piperazine rings is 1. The fraction of sp³-hybridized carbons (Fsp3) is 0.400. The van der Waals surface area contributed by atoms with Crippen LogP contribution in [-0.4, -0.2) is 34.1 Å². The van der Waals surface area contributed by atoms with Gasteiger partial charge in [-0.15, -0.1) is 12.4 Å². The Morgan fingerprint density at radius 3 is 3.00 bits per heavy atom. The molecule has 22 heavy (non-hydrogen) atoms. The van der Waals surface area contributed by atoms with Crippen LogP contribution in [0.15, 0.2) is 30.6 Å². The lowest BCUT2D eigenvalue weighted by Gasteiger charge is -2.35. The van der Waals surface area contributed by atoms with Gasteiger partial charge < -0.3 is 9.88 Å². The van der Waals surface area contributed by atoms with Gasteiger partial charge in [0.2, 0.25) is 0 Å². The van der Waals surface area contributed by atoms with Crippen LogP contribution < -0.4 is 5.32 Å². The Morgan fingerprint density at radius 2 is 2.27 bits per heavy atom. The van der Waals surface area contributed by atoms with Crippen LogP contribution in [0.4, 0.5) is 4.39 Å². The third-order valence-corrected chi connectivity index (χ3v) is 4.21. The first-order valence-electron chi connectivity index (χ1n) is 7.01. The molecule has 0 spiro atoms. The fourth-order valence-corrected chi connectivity index (χ4v) is 2.97. The lowest BCUT2D eigenvalue weighted by Crippen LogP contribution is -2.46. The number of imidazole rings is 1. The minimum atomic E-state index is -0.323. The molecule has 1 aromatic heterocycles. The average Bonchev–Trinajstić information content (AvgIpc) is 2.90. The molecule has 1 atom stereocenters. The second-order valence-corrected chi connectivity index (χ2v) is 5.71. The van der Waals surface area contributed by atoms with E-state index in [9.17, 15) is 4.39 Å². The minimum absolute atomic E-state index is 0. The van der Waals surface area contributed by atoms with Gasteiger partial charge in [-0.25, -0.2) is 9.37 Å². The number of halogens is 3. The molecule has 2 heterocycles. The number of hydrogen-bond acceptors (Lipinski definition) is 3. The van der Waals surface area contributed by atoms with Crippen molar-refractivity contribution in [3.05, 3.63) is 52.8 Å². The predicted octanol–water partition coefficient (Wildman–Crippen LogP) is 2.78. The molecule has 0 saturated carbocycles. The summed E-state index contributed by atoms with van der Waals surface area (Å²) in [4.78, 5) is 6.68. The van der Waals surface area contributed by atoms with E-state index in [1.165, 1.54) is 0 Å². The molecule has 1 aliphatic heterocycles. The van der Waals surface area contributed by atoms with Crippen LogP contribution >= 0.6 is 24.0 Å². The van der Waals surface area contributed by atoms with Crippen molar-refractivity contribution < 1.29 is 4.39 Å². The zero-order valence-electron chi connectivity index (χ0n) is 12.3. The summed E-state index contributed by atoms with van der Waals surface area (Å²) in [5, 5.41) is 3.55. The van der Waals surface area contributed by atoms with Gasteiger partial charge in [0.1, 0.15) is 11.6 Å². The molecular formula is C15H19Cl2FN4. The van der Waals surface area contributed by atoms with E-state index in [0.717, 1.165) is 25.5 Å². The number of benzene rings is 1. The van der Waals surface area contributed by atoms with Crippen LogP contribution in [0.1, 0.15) is 17.4 Å². The van der Waals surface area contributed by atoms with Crippen molar-refractivity contribution in [3.63, 3.8) is 0 Å². The summed E-state index contributed by atoms with van der Waals surface area (Å²) in [6, 6.07) is 5.29. The molecule has 0 bridgehead atoms. The fourth-order valence-electron chi connectivity index (χ4n) is 2.78. The molecule has 1 N–H and O–H groups in total. The van der Waals surface area contributed by atoms with Crippen LogP contribution in [0.5, 0.6) is 0 Å². The van der Waals surface area contributed by atoms with Crippen LogP contribution in [0, 0.1) is 5.82 Å². The summed E-state index contributed by atoms with van der Waals surface area (Å²) in [6.07, 6.45) is 3.73. The molecule has 1 fully saturated rings. The van der Waals surface area contributed by atoms with E-state index in [-0.39, 0.29) is 29.3 Å². The molecule has 1 aliphatic rings. The normalized spacial score (nSPS) is 19.0. The predicted molar refractivity (Wildman–Crippen MR) is 87.9 cm³/mol. The minimum Gasteiger partial charge on any atom is -0.337 e. The Labute approximate surface area is 140 Å². The summed E-state index contributed by atoms with van der Waals surface area (Å²) in [6.45, 7) is 3.09. The first-order valence-corrected chi connectivity index (χ1v) is 7.39. The standard InChI is InChI=1S/C15H18ClFN4.ClH/c1-20-7-6-19-15(20)13-9-18-5-8-21(13)10-11-3-2-4-12(16)14(11)17;/h2-4,6-7,13,18H,5,8-10H2,1H3;1H. The van der Waals surface area contributed by atoms with E-state index in [2.05, 4.69) is 15.2 Å². The third kappa shape index (κ3) is 3.43. The Hall–Kier alpha value is -1.14. The Balaban J connectivity index is 0.00000176. The molecule has 4 nitrogen and oxygen atoms in total. The van der Waals surface area contributed by atoms with Gasteiger partial charge in [-0.2, -0.15) is 0 Å². The van der Waals surface area contributed by atoms with Gasteiger partial charge in [0.05, 0.1) is 11.1 Å². The van der Waals surface area contributed by atoms with E-state index in [1.54, 1.807) is 24.4 Å². The number of aryl methyl sites for hydroxylation is 1. The first kappa shape index (κ1) is 17.2. The highest BCUT2D eigenvalue weighted by atomic mass is 35.5. The summed E-state index contributed by atoms with van der Waals surface area (Å²) in [5.74, 6) is 0.668. The lowest BCUT2D eigenvalue weighted by molar-refractivity contribution is 0.143. The van der Waals surface area contributed by atoms with Crippen molar-refractivity contribution in [2.24, 2.45) is 7.05 Å². The summed E-state index contributed by atoms with van der Waals surface area (Å²) < 4.78 is 16.1. The molecule has 1 unspecified atom stereocenters. The highest BCUT2D eigenvalue weighted by molar-refractivity contribution is 6.30. The van der Waals surface area contributed by atoms with Crippen molar-refractivity contribution in [2.45, 2.75) is 12.6 Å². The number of aromatic nitrogens is 2. The summed E-state index contributed by atoms with van der Waals surface area (Å²) >= 11 is 5.87. The smallest absolute Gasteiger partial charge is 0.146 e. The van der Waals surface area contributed by atoms with E-state index in [1.807, 2.05) is 17.8 Å². The molecule has 2 aromatic rings. The average molecular weight is 345 g/mol. The van der Waals surface area contributed by atoms with Crippen molar-refractivity contribution in [3.8, 4) is 0 Å². The van der Waals surface area contributed by atoms with E-state index < -0.39 is 0 Å². The Kier molecular flexibility index (Phi) is 5.81. The molecular weight excluding hydrogens is 326 g/mol. The molecule has 0 radical (unpaired) electrons. The highest BCUT2D eigenvalue weighted by Crippen LogP contribution is 2.25. The third-order valence-electron chi connectivity index (χ3n) is 3.92. The number of nitrogens with zero attached hydrogens (tertiary/aromatic N) is 3. The molecule has 7 heteroatoms. The van der Waals surface area contributed by atoms with Crippen LogP contribution in [0.3, 0.4) is 0 Å². The zero-order chi connectivity index (χ0) is 14.8. The maximum Gasteiger partial charge on any atom is 0.146 e. The van der Waals surface area contributed by atoms with Crippen molar-refractivity contribution in [1.82, 2.24) is 19.8 Å². The van der Waals surface area contributed by atoms with Gasteiger partial charge in [-0.1, -0.05) is 23.7 Å². The monoisotopic (exact) mass is 344 g/mol. The van der Waals surface area contributed by atoms with Crippen molar-refractivity contribution in [1.29, 1.82) is 0 Å². The van der Waals surface area contributed by atoms with Gasteiger partial charge in [0.25, 0.3) is 0 Å². The maximum absolute atomic E-state index is 14.1. The first-order chi connectivity index (χ1) is 10.2. The van der Waals surface area contributed by atoms with E-state index in [0.29, 0.717) is 12.1 Å². The maximum atomic E-state index is 14.1. The quantitative estimate of drug-likeness (QED) is 0.929. The Bertz CT molecular complexity index is 632.